The Morgan fingerprint density at radius 2 is 1.69 bits per heavy atom. The Balaban J connectivity index is 1.92. The van der Waals surface area contributed by atoms with Crippen LogP contribution in [0.3, 0.4) is 0 Å². The van der Waals surface area contributed by atoms with E-state index in [1.807, 2.05) is 0 Å². The number of hydrogen-bond acceptors (Lipinski definition) is 15. The van der Waals surface area contributed by atoms with E-state index in [1.165, 1.54) is 0 Å². The first kappa shape index (κ1) is 32.2. The molecule has 15 unspecified atom stereocenters. The molecule has 2 heterocycles. The molecular weight excluding hydrogens is 520 g/mol. The SMILES string of the molecule is NCC(O)CNC1CC(N)C(C2OC(CN)C(O)CC2N=C(N)N)C(O)C1OC1OC(CO)C(O)C(N)C1O. The average Bonchev–Trinajstić information content (AvgIpc) is 2.89. The van der Waals surface area contributed by atoms with Crippen molar-refractivity contribution >= 4 is 5.96 Å². The van der Waals surface area contributed by atoms with Gasteiger partial charge in [-0.05, 0) is 6.42 Å². The number of nitrogens with one attached hydrogen (secondary N) is 1. The molecule has 15 atom stereocenters. The quantitative estimate of drug-likeness (QED) is 0.0861. The zero-order chi connectivity index (χ0) is 29.0. The summed E-state index contributed by atoms with van der Waals surface area (Å²) < 4.78 is 17.7. The van der Waals surface area contributed by atoms with Gasteiger partial charge in [-0.3, -0.25) is 0 Å². The smallest absolute Gasteiger partial charge is 0.186 e. The maximum Gasteiger partial charge on any atom is 0.186 e. The summed E-state index contributed by atoms with van der Waals surface area (Å²) in [4.78, 5) is 4.20. The number of guanidine groups is 1. The normalized spacial score (nSPS) is 46.0. The van der Waals surface area contributed by atoms with Crippen LogP contribution in [0.25, 0.3) is 0 Å². The summed E-state index contributed by atoms with van der Waals surface area (Å²) in [6.07, 6.45) is -11.1. The summed E-state index contributed by atoms with van der Waals surface area (Å²) in [5.74, 6) is -1.08. The van der Waals surface area contributed by atoms with Crippen LogP contribution < -0.4 is 39.7 Å². The summed E-state index contributed by atoms with van der Waals surface area (Å²) in [7, 11) is 0. The molecule has 0 spiro atoms. The van der Waals surface area contributed by atoms with Gasteiger partial charge < -0.3 is 84.6 Å². The molecule has 3 rings (SSSR count). The van der Waals surface area contributed by atoms with E-state index in [4.69, 9.17) is 48.6 Å². The van der Waals surface area contributed by atoms with Gasteiger partial charge in [0, 0.05) is 44.1 Å². The van der Waals surface area contributed by atoms with Gasteiger partial charge >= 0.3 is 0 Å². The van der Waals surface area contributed by atoms with Gasteiger partial charge in [-0.15, -0.1) is 0 Å². The number of rotatable bonds is 10. The van der Waals surface area contributed by atoms with Crippen LogP contribution in [-0.2, 0) is 14.2 Å². The maximum absolute atomic E-state index is 11.7. The van der Waals surface area contributed by atoms with Gasteiger partial charge in [0.25, 0.3) is 0 Å². The molecule has 3 fully saturated rings. The van der Waals surface area contributed by atoms with Crippen LogP contribution in [0.15, 0.2) is 4.99 Å². The summed E-state index contributed by atoms with van der Waals surface area (Å²) in [5.41, 5.74) is 35.1. The molecule has 0 aromatic carbocycles. The van der Waals surface area contributed by atoms with E-state index < -0.39 is 97.9 Å². The standard InChI is InChI=1S/C22H46N8O9/c23-3-7(32)5-29-9-1-8(25)14(19-10(30-22(27)28)2-11(33)12(4-24)37-19)17(35)20(9)39-21-18(36)15(26)16(34)13(6-31)38-21/h7-21,29,31-36H,1-6,23-26H2,(H4,27,28,30). The second-order valence-corrected chi connectivity index (χ2v) is 10.6. The topological polar surface area (TPSA) is 330 Å². The molecule has 1 aliphatic carbocycles. The minimum atomic E-state index is -1.50. The first-order chi connectivity index (χ1) is 18.4. The van der Waals surface area contributed by atoms with Crippen molar-refractivity contribution in [2.24, 2.45) is 45.3 Å². The van der Waals surface area contributed by atoms with Crippen LogP contribution in [0.1, 0.15) is 12.8 Å². The van der Waals surface area contributed by atoms with Crippen molar-refractivity contribution in [2.75, 3.05) is 26.2 Å². The lowest BCUT2D eigenvalue weighted by Gasteiger charge is -2.51. The lowest BCUT2D eigenvalue weighted by molar-refractivity contribution is -0.307. The fourth-order valence-electron chi connectivity index (χ4n) is 5.66. The molecule has 3 aliphatic rings. The minimum absolute atomic E-state index is 0.00375. The monoisotopic (exact) mass is 566 g/mol. The van der Waals surface area contributed by atoms with Crippen LogP contribution in [0.2, 0.25) is 0 Å². The Hall–Kier alpha value is -1.29. The molecule has 17 nitrogen and oxygen atoms in total. The second-order valence-electron chi connectivity index (χ2n) is 10.6. The highest BCUT2D eigenvalue weighted by molar-refractivity contribution is 5.75. The number of ether oxygens (including phenoxy) is 3. The van der Waals surface area contributed by atoms with Gasteiger partial charge in [0.2, 0.25) is 0 Å². The van der Waals surface area contributed by atoms with Gasteiger partial charge in [-0.2, -0.15) is 0 Å². The molecule has 0 bridgehead atoms. The summed E-state index contributed by atoms with van der Waals surface area (Å²) in [6.45, 7) is -0.562. The molecule has 1 saturated carbocycles. The zero-order valence-corrected chi connectivity index (χ0v) is 21.7. The molecule has 0 aromatic heterocycles. The van der Waals surface area contributed by atoms with Crippen LogP contribution >= 0.6 is 0 Å². The van der Waals surface area contributed by atoms with Crippen LogP contribution in [-0.4, -0.2) is 148 Å². The Morgan fingerprint density at radius 3 is 2.28 bits per heavy atom. The van der Waals surface area contributed by atoms with E-state index in [0.29, 0.717) is 0 Å². The molecule has 17 heteroatoms. The van der Waals surface area contributed by atoms with E-state index in [1.54, 1.807) is 0 Å². The van der Waals surface area contributed by atoms with Crippen molar-refractivity contribution in [3.05, 3.63) is 0 Å². The van der Waals surface area contributed by atoms with Crippen molar-refractivity contribution in [1.29, 1.82) is 0 Å². The zero-order valence-electron chi connectivity index (χ0n) is 21.7. The summed E-state index contributed by atoms with van der Waals surface area (Å²) in [6, 6.07) is -3.33. The first-order valence-electron chi connectivity index (χ1n) is 13.1. The number of nitrogens with two attached hydrogens (primary N) is 6. The van der Waals surface area contributed by atoms with Gasteiger partial charge in [-0.1, -0.05) is 0 Å². The van der Waals surface area contributed by atoms with Crippen molar-refractivity contribution in [3.8, 4) is 0 Å². The molecule has 2 aliphatic heterocycles. The van der Waals surface area contributed by atoms with Crippen molar-refractivity contribution in [1.82, 2.24) is 5.32 Å². The van der Waals surface area contributed by atoms with E-state index >= 15 is 0 Å². The van der Waals surface area contributed by atoms with Crippen molar-refractivity contribution in [2.45, 2.75) is 98.2 Å². The van der Waals surface area contributed by atoms with Crippen LogP contribution in [0, 0.1) is 5.92 Å². The Labute approximate surface area is 226 Å². The first-order valence-corrected chi connectivity index (χ1v) is 13.1. The largest absolute Gasteiger partial charge is 0.394 e. The number of aliphatic imine (C=N–C) groups is 1. The van der Waals surface area contributed by atoms with Crippen molar-refractivity contribution < 1.29 is 44.8 Å². The van der Waals surface area contributed by atoms with E-state index in [9.17, 15) is 30.6 Å². The van der Waals surface area contributed by atoms with Crippen LogP contribution in [0.4, 0.5) is 0 Å². The highest BCUT2D eigenvalue weighted by Crippen LogP contribution is 2.38. The molecule has 0 aromatic rings. The highest BCUT2D eigenvalue weighted by atomic mass is 16.7. The Morgan fingerprint density at radius 1 is 1.00 bits per heavy atom. The third-order valence-corrected chi connectivity index (χ3v) is 7.81. The fourth-order valence-corrected chi connectivity index (χ4v) is 5.66. The number of aliphatic hydroxyl groups is 6. The molecule has 39 heavy (non-hydrogen) atoms. The summed E-state index contributed by atoms with van der Waals surface area (Å²) >= 11 is 0. The Bertz CT molecular complexity index is 797. The molecule has 19 N–H and O–H groups in total. The number of nitrogens with zero attached hydrogens (tertiary/aromatic N) is 1. The Kier molecular flexibility index (Phi) is 11.6. The molecule has 0 radical (unpaired) electrons. The summed E-state index contributed by atoms with van der Waals surface area (Å²) in [5, 5.41) is 65.7. The number of hydrogen-bond donors (Lipinski definition) is 13. The van der Waals surface area contributed by atoms with Gasteiger partial charge in [0.1, 0.15) is 24.4 Å². The lowest BCUT2D eigenvalue weighted by Crippen LogP contribution is -2.69. The highest BCUT2D eigenvalue weighted by Gasteiger charge is 2.53. The van der Waals surface area contributed by atoms with Gasteiger partial charge in [-0.25, -0.2) is 4.99 Å². The van der Waals surface area contributed by atoms with Gasteiger partial charge in [0.05, 0.1) is 49.2 Å². The van der Waals surface area contributed by atoms with E-state index in [0.717, 1.165) is 0 Å². The second kappa shape index (κ2) is 14.1. The maximum atomic E-state index is 11.7. The van der Waals surface area contributed by atoms with Crippen molar-refractivity contribution in [3.63, 3.8) is 0 Å². The van der Waals surface area contributed by atoms with Crippen LogP contribution in [0.5, 0.6) is 0 Å². The number of aliphatic hydroxyl groups excluding tert-OH is 6. The predicted molar refractivity (Wildman–Crippen MR) is 137 cm³/mol. The third-order valence-electron chi connectivity index (χ3n) is 7.81. The third kappa shape index (κ3) is 7.32. The molecule has 2 saturated heterocycles. The molecule has 228 valence electrons. The predicted octanol–water partition coefficient (Wildman–Crippen LogP) is -7.76. The lowest BCUT2D eigenvalue weighted by atomic mass is 9.72. The fraction of sp³-hybridized carbons (Fsp3) is 0.955. The van der Waals surface area contributed by atoms with E-state index in [2.05, 4.69) is 10.3 Å². The van der Waals surface area contributed by atoms with Gasteiger partial charge in [0.15, 0.2) is 12.2 Å². The molecule has 0 amide bonds. The average molecular weight is 567 g/mol. The van der Waals surface area contributed by atoms with E-state index in [-0.39, 0.29) is 38.4 Å². The minimum Gasteiger partial charge on any atom is -0.394 e. The molecular formula is C22H46N8O9.